The molecule has 0 aliphatic rings. The van der Waals surface area contributed by atoms with Gasteiger partial charge in [0.2, 0.25) is 0 Å². The Balaban J connectivity index is 1.92. The molecule has 0 saturated carbocycles. The second kappa shape index (κ2) is 6.19. The predicted octanol–water partition coefficient (Wildman–Crippen LogP) is 4.42. The molecule has 2 rings (SSSR count). The second-order valence-corrected chi connectivity index (χ2v) is 4.76. The summed E-state index contributed by atoms with van der Waals surface area (Å²) >= 11 is 11.7. The molecular formula is C14H12Cl2FN. The molecule has 94 valence electrons. The molecule has 2 aromatic rings. The van der Waals surface area contributed by atoms with E-state index in [4.69, 9.17) is 23.2 Å². The van der Waals surface area contributed by atoms with Crippen LogP contribution in [0.3, 0.4) is 0 Å². The first kappa shape index (κ1) is 13.3. The molecule has 0 amide bonds. The lowest BCUT2D eigenvalue weighted by Crippen LogP contribution is -2.13. The maximum absolute atomic E-state index is 13.2. The van der Waals surface area contributed by atoms with Crippen molar-refractivity contribution in [1.29, 1.82) is 0 Å². The van der Waals surface area contributed by atoms with E-state index in [2.05, 4.69) is 5.32 Å². The fraction of sp³-hybridized carbons (Fsp3) is 0.143. The van der Waals surface area contributed by atoms with Gasteiger partial charge in [-0.2, -0.15) is 0 Å². The molecule has 0 heterocycles. The zero-order valence-corrected chi connectivity index (χ0v) is 11.1. The minimum Gasteiger partial charge on any atom is -0.309 e. The van der Waals surface area contributed by atoms with Crippen LogP contribution in [0.1, 0.15) is 11.1 Å². The van der Waals surface area contributed by atoms with E-state index >= 15 is 0 Å². The van der Waals surface area contributed by atoms with Crippen LogP contribution in [0, 0.1) is 5.82 Å². The highest BCUT2D eigenvalue weighted by Crippen LogP contribution is 2.19. The quantitative estimate of drug-likeness (QED) is 0.876. The molecule has 0 aliphatic heterocycles. The van der Waals surface area contributed by atoms with Crippen molar-refractivity contribution >= 4 is 23.2 Å². The Hall–Kier alpha value is -1.09. The molecule has 0 aromatic heterocycles. The molecule has 4 heteroatoms. The van der Waals surface area contributed by atoms with Crippen molar-refractivity contribution < 1.29 is 4.39 Å². The summed E-state index contributed by atoms with van der Waals surface area (Å²) in [5.41, 5.74) is 1.87. The third-order valence-electron chi connectivity index (χ3n) is 2.59. The van der Waals surface area contributed by atoms with Crippen LogP contribution < -0.4 is 5.32 Å². The molecule has 0 aliphatic carbocycles. The van der Waals surface area contributed by atoms with E-state index in [1.807, 2.05) is 24.3 Å². The van der Waals surface area contributed by atoms with Gasteiger partial charge in [-0.05, 0) is 29.3 Å². The lowest BCUT2D eigenvalue weighted by Gasteiger charge is -2.07. The molecule has 0 saturated heterocycles. The molecule has 0 unspecified atom stereocenters. The van der Waals surface area contributed by atoms with E-state index in [1.165, 1.54) is 6.07 Å². The molecule has 0 atom stereocenters. The number of hydrogen-bond acceptors (Lipinski definition) is 1. The number of benzene rings is 2. The van der Waals surface area contributed by atoms with Crippen molar-refractivity contribution in [2.45, 2.75) is 13.1 Å². The Morgan fingerprint density at radius 2 is 1.67 bits per heavy atom. The monoisotopic (exact) mass is 283 g/mol. The first-order valence-corrected chi connectivity index (χ1v) is 6.30. The first-order valence-electron chi connectivity index (χ1n) is 5.55. The van der Waals surface area contributed by atoms with Crippen LogP contribution in [0.25, 0.3) is 0 Å². The van der Waals surface area contributed by atoms with Crippen LogP contribution in [-0.2, 0) is 13.1 Å². The van der Waals surface area contributed by atoms with Gasteiger partial charge >= 0.3 is 0 Å². The average Bonchev–Trinajstić information content (AvgIpc) is 2.37. The summed E-state index contributed by atoms with van der Waals surface area (Å²) in [5.74, 6) is -0.387. The van der Waals surface area contributed by atoms with E-state index in [9.17, 15) is 4.39 Å². The van der Waals surface area contributed by atoms with Gasteiger partial charge in [-0.3, -0.25) is 0 Å². The summed E-state index contributed by atoms with van der Waals surface area (Å²) in [5, 5.41) is 4.11. The van der Waals surface area contributed by atoms with Crippen LogP contribution in [0.15, 0.2) is 42.5 Å². The minimum absolute atomic E-state index is 0.182. The van der Waals surface area contributed by atoms with Gasteiger partial charge < -0.3 is 5.32 Å². The lowest BCUT2D eigenvalue weighted by atomic mass is 10.2. The van der Waals surface area contributed by atoms with Gasteiger partial charge in [-0.25, -0.2) is 4.39 Å². The summed E-state index contributed by atoms with van der Waals surface area (Å²) in [6.45, 7) is 1.21. The fourth-order valence-corrected chi connectivity index (χ4v) is 1.95. The summed E-state index contributed by atoms with van der Waals surface area (Å²) in [6.07, 6.45) is 0. The van der Waals surface area contributed by atoms with Crippen molar-refractivity contribution in [1.82, 2.24) is 5.32 Å². The molecule has 1 N–H and O–H groups in total. The van der Waals surface area contributed by atoms with Crippen molar-refractivity contribution in [3.05, 3.63) is 69.5 Å². The number of nitrogens with one attached hydrogen (secondary N) is 1. The molecule has 0 radical (unpaired) electrons. The fourth-order valence-electron chi connectivity index (χ4n) is 1.63. The summed E-state index contributed by atoms with van der Waals surface area (Å²) in [6, 6.07) is 12.4. The topological polar surface area (TPSA) is 12.0 Å². The normalized spacial score (nSPS) is 10.6. The van der Waals surface area contributed by atoms with Gasteiger partial charge in [0, 0.05) is 18.1 Å². The van der Waals surface area contributed by atoms with Gasteiger partial charge in [-0.15, -0.1) is 0 Å². The maximum Gasteiger partial charge on any atom is 0.142 e. The zero-order chi connectivity index (χ0) is 13.0. The van der Waals surface area contributed by atoms with Gasteiger partial charge in [-0.1, -0.05) is 47.5 Å². The third kappa shape index (κ3) is 3.45. The second-order valence-electron chi connectivity index (χ2n) is 3.94. The number of halogens is 3. The van der Waals surface area contributed by atoms with E-state index < -0.39 is 0 Å². The van der Waals surface area contributed by atoms with Gasteiger partial charge in [0.15, 0.2) is 0 Å². The summed E-state index contributed by atoms with van der Waals surface area (Å²) in [4.78, 5) is 0. The van der Waals surface area contributed by atoms with E-state index in [1.54, 1.807) is 12.1 Å². The van der Waals surface area contributed by atoms with E-state index in [0.29, 0.717) is 18.1 Å². The number of rotatable bonds is 4. The summed E-state index contributed by atoms with van der Waals surface area (Å²) < 4.78 is 13.2. The van der Waals surface area contributed by atoms with Crippen molar-refractivity contribution in [2.24, 2.45) is 0 Å². The Bertz CT molecular complexity index is 526. The van der Waals surface area contributed by atoms with Crippen LogP contribution in [0.5, 0.6) is 0 Å². The SMILES string of the molecule is Fc1cccc(CNCc2ccc(Cl)cc2)c1Cl. The Morgan fingerprint density at radius 3 is 2.39 bits per heavy atom. The van der Waals surface area contributed by atoms with Gasteiger partial charge in [0.05, 0.1) is 5.02 Å². The molecule has 2 aromatic carbocycles. The first-order chi connectivity index (χ1) is 8.66. The van der Waals surface area contributed by atoms with Crippen molar-refractivity contribution in [3.8, 4) is 0 Å². The lowest BCUT2D eigenvalue weighted by molar-refractivity contribution is 0.620. The molecule has 1 nitrogen and oxygen atoms in total. The highest BCUT2D eigenvalue weighted by molar-refractivity contribution is 6.31. The molecule has 18 heavy (non-hydrogen) atoms. The van der Waals surface area contributed by atoms with Crippen LogP contribution >= 0.6 is 23.2 Å². The molecular weight excluding hydrogens is 272 g/mol. The third-order valence-corrected chi connectivity index (χ3v) is 3.26. The molecule has 0 spiro atoms. The smallest absolute Gasteiger partial charge is 0.142 e. The van der Waals surface area contributed by atoms with Crippen LogP contribution in [-0.4, -0.2) is 0 Å². The Kier molecular flexibility index (Phi) is 4.59. The van der Waals surface area contributed by atoms with E-state index in [-0.39, 0.29) is 10.8 Å². The van der Waals surface area contributed by atoms with E-state index in [0.717, 1.165) is 11.1 Å². The summed E-state index contributed by atoms with van der Waals surface area (Å²) in [7, 11) is 0. The number of hydrogen-bond donors (Lipinski definition) is 1. The molecule has 0 bridgehead atoms. The Morgan fingerprint density at radius 1 is 0.944 bits per heavy atom. The van der Waals surface area contributed by atoms with Crippen molar-refractivity contribution in [3.63, 3.8) is 0 Å². The van der Waals surface area contributed by atoms with Crippen molar-refractivity contribution in [2.75, 3.05) is 0 Å². The van der Waals surface area contributed by atoms with Gasteiger partial charge in [0.1, 0.15) is 5.82 Å². The average molecular weight is 284 g/mol. The van der Waals surface area contributed by atoms with Crippen LogP contribution in [0.2, 0.25) is 10.0 Å². The molecule has 0 fully saturated rings. The Labute approximate surface area is 116 Å². The zero-order valence-electron chi connectivity index (χ0n) is 9.59. The highest BCUT2D eigenvalue weighted by atomic mass is 35.5. The predicted molar refractivity (Wildman–Crippen MR) is 73.4 cm³/mol. The largest absolute Gasteiger partial charge is 0.309 e. The van der Waals surface area contributed by atoms with Crippen LogP contribution in [0.4, 0.5) is 4.39 Å². The standard InChI is InChI=1S/C14H12Cl2FN/c15-12-6-4-10(5-7-12)8-18-9-11-2-1-3-13(17)14(11)16/h1-7,18H,8-9H2. The maximum atomic E-state index is 13.2. The minimum atomic E-state index is -0.387. The highest BCUT2D eigenvalue weighted by Gasteiger charge is 2.04. The van der Waals surface area contributed by atoms with Gasteiger partial charge in [0.25, 0.3) is 0 Å².